The van der Waals surface area contributed by atoms with Gasteiger partial charge < -0.3 is 24.3 Å². The number of imidazole rings is 1. The van der Waals surface area contributed by atoms with E-state index in [1.54, 1.807) is 4.90 Å². The summed E-state index contributed by atoms with van der Waals surface area (Å²) in [5.74, 6) is -1.26. The van der Waals surface area contributed by atoms with Crippen LogP contribution in [0.15, 0.2) is 30.3 Å². The first-order valence-electron chi connectivity index (χ1n) is 12.9. The molecule has 0 unspecified atom stereocenters. The molecule has 0 bridgehead atoms. The molecule has 0 saturated heterocycles. The Bertz CT molecular complexity index is 1390. The zero-order chi connectivity index (χ0) is 27.1. The molecule has 2 aliphatic rings. The summed E-state index contributed by atoms with van der Waals surface area (Å²) in [6.07, 6.45) is 2.01. The number of aliphatic hydroxyl groups excluding tert-OH is 1. The molecule has 10 heteroatoms. The number of nitrogens with zero attached hydrogens (tertiary/aromatic N) is 3. The van der Waals surface area contributed by atoms with Crippen molar-refractivity contribution in [3.05, 3.63) is 53.1 Å². The minimum Gasteiger partial charge on any atom is -0.496 e. The van der Waals surface area contributed by atoms with Gasteiger partial charge in [0.1, 0.15) is 23.5 Å². The quantitative estimate of drug-likeness (QED) is 0.482. The number of rotatable bonds is 5. The van der Waals surface area contributed by atoms with Crippen molar-refractivity contribution in [3.8, 4) is 5.75 Å². The average Bonchev–Trinajstić information content (AvgIpc) is 3.32. The Morgan fingerprint density at radius 3 is 2.66 bits per heavy atom. The van der Waals surface area contributed by atoms with Crippen LogP contribution in [0.2, 0.25) is 0 Å². The molecule has 202 valence electrons. The molecular formula is C28H32FN3O6. The third-order valence-electron chi connectivity index (χ3n) is 7.94. The van der Waals surface area contributed by atoms with Gasteiger partial charge in [0, 0.05) is 23.2 Å². The Hall–Kier alpha value is -3.66. The summed E-state index contributed by atoms with van der Waals surface area (Å²) < 4.78 is 26.6. The predicted octanol–water partition coefficient (Wildman–Crippen LogP) is 4.99. The number of aryl methyl sites for hydroxylation is 1. The Kier molecular flexibility index (Phi) is 7.00. The number of ether oxygens (including phenoxy) is 2. The van der Waals surface area contributed by atoms with Gasteiger partial charge in [0.05, 0.1) is 36.9 Å². The van der Waals surface area contributed by atoms with Gasteiger partial charge >= 0.3 is 12.1 Å². The second-order valence-electron chi connectivity index (χ2n) is 10.1. The van der Waals surface area contributed by atoms with Crippen molar-refractivity contribution in [1.29, 1.82) is 0 Å². The lowest BCUT2D eigenvalue weighted by atomic mass is 9.85. The number of fused-ring (bicyclic) bond motifs is 3. The SMILES string of the molecule is COC(=O)N1c2ccc3c(nc([C@@H](O)c4cc(F)ccc4OC)n3[C@H]3CCC[C@H](C(=O)O)C3)c2CC[C@@H]1C. The van der Waals surface area contributed by atoms with Crippen molar-refractivity contribution < 1.29 is 33.7 Å². The molecular weight excluding hydrogens is 493 g/mol. The van der Waals surface area contributed by atoms with Gasteiger partial charge in [-0.3, -0.25) is 9.69 Å². The van der Waals surface area contributed by atoms with Gasteiger partial charge in [-0.2, -0.15) is 0 Å². The molecule has 1 aromatic heterocycles. The van der Waals surface area contributed by atoms with Crippen LogP contribution < -0.4 is 9.64 Å². The highest BCUT2D eigenvalue weighted by atomic mass is 19.1. The molecule has 5 rings (SSSR count). The third kappa shape index (κ3) is 4.36. The summed E-state index contributed by atoms with van der Waals surface area (Å²) in [6.45, 7) is 1.96. The molecule has 1 amide bonds. The summed E-state index contributed by atoms with van der Waals surface area (Å²) in [7, 11) is 2.79. The highest BCUT2D eigenvalue weighted by molar-refractivity contribution is 5.95. The maximum Gasteiger partial charge on any atom is 0.414 e. The maximum atomic E-state index is 14.3. The van der Waals surface area contributed by atoms with E-state index in [1.165, 1.54) is 32.4 Å². The maximum absolute atomic E-state index is 14.3. The van der Waals surface area contributed by atoms with Crippen LogP contribution in [-0.4, -0.2) is 52.1 Å². The first-order valence-corrected chi connectivity index (χ1v) is 12.9. The second-order valence-corrected chi connectivity index (χ2v) is 10.1. The van der Waals surface area contributed by atoms with Crippen molar-refractivity contribution in [2.75, 3.05) is 19.1 Å². The fourth-order valence-corrected chi connectivity index (χ4v) is 6.05. The molecule has 0 radical (unpaired) electrons. The number of aliphatic carboxylic acids is 1. The summed E-state index contributed by atoms with van der Waals surface area (Å²) in [6, 6.07) is 7.37. The van der Waals surface area contributed by atoms with Gasteiger partial charge in [-0.1, -0.05) is 6.42 Å². The highest BCUT2D eigenvalue weighted by Crippen LogP contribution is 2.43. The third-order valence-corrected chi connectivity index (χ3v) is 7.94. The van der Waals surface area contributed by atoms with E-state index in [-0.39, 0.29) is 23.5 Å². The zero-order valence-electron chi connectivity index (χ0n) is 21.7. The van der Waals surface area contributed by atoms with Crippen LogP contribution in [0.25, 0.3) is 11.0 Å². The fraction of sp³-hybridized carbons (Fsp3) is 0.464. The minimum atomic E-state index is -1.33. The molecule has 3 aromatic rings. The number of carboxylic acids is 1. The van der Waals surface area contributed by atoms with Crippen LogP contribution in [0, 0.1) is 11.7 Å². The second kappa shape index (κ2) is 10.2. The predicted molar refractivity (Wildman–Crippen MR) is 138 cm³/mol. The molecule has 2 N–H and O–H groups in total. The van der Waals surface area contributed by atoms with Crippen LogP contribution in [-0.2, 0) is 16.0 Å². The van der Waals surface area contributed by atoms with Crippen molar-refractivity contribution in [2.24, 2.45) is 5.92 Å². The van der Waals surface area contributed by atoms with Gasteiger partial charge in [-0.05, 0) is 69.4 Å². The average molecular weight is 526 g/mol. The van der Waals surface area contributed by atoms with Crippen LogP contribution in [0.1, 0.15) is 68.1 Å². The van der Waals surface area contributed by atoms with E-state index in [1.807, 2.05) is 23.6 Å². The smallest absolute Gasteiger partial charge is 0.414 e. The van der Waals surface area contributed by atoms with Gasteiger partial charge in [0.2, 0.25) is 0 Å². The molecule has 1 fully saturated rings. The van der Waals surface area contributed by atoms with E-state index in [2.05, 4.69) is 0 Å². The summed E-state index contributed by atoms with van der Waals surface area (Å²) >= 11 is 0. The Morgan fingerprint density at radius 1 is 1.16 bits per heavy atom. The molecule has 2 aromatic carbocycles. The molecule has 9 nitrogen and oxygen atoms in total. The number of carbonyl (C=O) groups excluding carboxylic acids is 1. The first kappa shape index (κ1) is 26.0. The van der Waals surface area contributed by atoms with E-state index < -0.39 is 29.9 Å². The number of halogens is 1. The van der Waals surface area contributed by atoms with Crippen molar-refractivity contribution in [1.82, 2.24) is 9.55 Å². The number of amides is 1. The van der Waals surface area contributed by atoms with Crippen LogP contribution in [0.4, 0.5) is 14.9 Å². The Morgan fingerprint density at radius 2 is 1.95 bits per heavy atom. The first-order chi connectivity index (χ1) is 18.2. The summed E-state index contributed by atoms with van der Waals surface area (Å²) in [5.41, 5.74) is 3.15. The number of anilines is 1. The number of aromatic nitrogens is 2. The largest absolute Gasteiger partial charge is 0.496 e. The van der Waals surface area contributed by atoms with E-state index in [9.17, 15) is 24.2 Å². The topological polar surface area (TPSA) is 114 Å². The molecule has 0 spiro atoms. The lowest BCUT2D eigenvalue weighted by Crippen LogP contribution is -2.42. The number of benzene rings is 2. The van der Waals surface area contributed by atoms with Crippen LogP contribution in [0.5, 0.6) is 5.75 Å². The summed E-state index contributed by atoms with van der Waals surface area (Å²) in [4.78, 5) is 31.0. The van der Waals surface area contributed by atoms with Gasteiger partial charge in [0.25, 0.3) is 0 Å². The number of hydrogen-bond donors (Lipinski definition) is 2. The van der Waals surface area contributed by atoms with E-state index >= 15 is 0 Å². The Labute approximate surface area is 219 Å². The monoisotopic (exact) mass is 525 g/mol. The minimum absolute atomic E-state index is 0.0641. The molecule has 1 saturated carbocycles. The zero-order valence-corrected chi connectivity index (χ0v) is 21.7. The molecule has 1 aliphatic carbocycles. The van der Waals surface area contributed by atoms with Crippen molar-refractivity contribution in [2.45, 2.75) is 63.6 Å². The number of hydrogen-bond acceptors (Lipinski definition) is 6. The van der Waals surface area contributed by atoms with Crippen molar-refractivity contribution in [3.63, 3.8) is 0 Å². The van der Waals surface area contributed by atoms with Crippen molar-refractivity contribution >= 4 is 28.8 Å². The standard InChI is InChI=1S/C28H32FN3O6/c1-15-7-9-19-21(31(15)28(36)38-3)10-11-22-24(19)30-26(25(33)20-14-17(29)8-12-23(20)37-2)32(22)18-6-4-5-16(13-18)27(34)35/h8,10-12,14-16,18,25,33H,4-7,9,13H2,1-3H3,(H,34,35)/t15-,16-,18-,25-/m0/s1. The lowest BCUT2D eigenvalue weighted by Gasteiger charge is -2.34. The normalized spacial score (nSPS) is 22.1. The molecule has 4 atom stereocenters. The van der Waals surface area contributed by atoms with Gasteiger partial charge in [0.15, 0.2) is 0 Å². The van der Waals surface area contributed by atoms with E-state index in [0.29, 0.717) is 42.6 Å². The molecule has 2 heterocycles. The number of aliphatic hydroxyl groups is 1. The highest BCUT2D eigenvalue weighted by Gasteiger charge is 2.36. The van der Waals surface area contributed by atoms with Gasteiger partial charge in [-0.15, -0.1) is 0 Å². The van der Waals surface area contributed by atoms with Gasteiger partial charge in [-0.25, -0.2) is 14.2 Å². The summed E-state index contributed by atoms with van der Waals surface area (Å²) in [5, 5.41) is 21.3. The lowest BCUT2D eigenvalue weighted by molar-refractivity contribution is -0.143. The van der Waals surface area contributed by atoms with E-state index in [0.717, 1.165) is 23.9 Å². The number of carbonyl (C=O) groups is 2. The fourth-order valence-electron chi connectivity index (χ4n) is 6.05. The number of carboxylic acid groups (broad SMARTS) is 1. The van der Waals surface area contributed by atoms with Crippen LogP contribution in [0.3, 0.4) is 0 Å². The number of methoxy groups -OCH3 is 2. The Balaban J connectivity index is 1.72. The molecule has 38 heavy (non-hydrogen) atoms. The van der Waals surface area contributed by atoms with E-state index in [4.69, 9.17) is 14.5 Å². The van der Waals surface area contributed by atoms with Crippen LogP contribution >= 0.6 is 0 Å². The molecule has 1 aliphatic heterocycles.